The SMILES string of the molecule is Cc1nc(CC2CCN(C(=O)NCc3cccc(-n4cccn4)c3)CC2)no1. The van der Waals surface area contributed by atoms with E-state index in [4.69, 9.17) is 4.52 Å². The molecule has 0 radical (unpaired) electrons. The normalized spacial score (nSPS) is 15.0. The maximum atomic E-state index is 12.5. The van der Waals surface area contributed by atoms with Crippen molar-refractivity contribution in [2.24, 2.45) is 5.92 Å². The molecule has 8 nitrogen and oxygen atoms in total. The van der Waals surface area contributed by atoms with Crippen LogP contribution in [-0.2, 0) is 13.0 Å². The van der Waals surface area contributed by atoms with Crippen LogP contribution in [0.25, 0.3) is 5.69 Å². The first-order valence-electron chi connectivity index (χ1n) is 9.58. The van der Waals surface area contributed by atoms with Crippen molar-refractivity contribution in [1.82, 2.24) is 30.1 Å². The van der Waals surface area contributed by atoms with Crippen molar-refractivity contribution in [2.75, 3.05) is 13.1 Å². The van der Waals surface area contributed by atoms with Crippen LogP contribution in [0.5, 0.6) is 0 Å². The van der Waals surface area contributed by atoms with Gasteiger partial charge in [-0.05, 0) is 42.5 Å². The van der Waals surface area contributed by atoms with Gasteiger partial charge in [-0.25, -0.2) is 9.48 Å². The van der Waals surface area contributed by atoms with Gasteiger partial charge in [0, 0.05) is 45.4 Å². The monoisotopic (exact) mass is 380 g/mol. The number of piperidine rings is 1. The highest BCUT2D eigenvalue weighted by Gasteiger charge is 2.24. The minimum absolute atomic E-state index is 0.0154. The first kappa shape index (κ1) is 18.2. The molecule has 8 heteroatoms. The average molecular weight is 380 g/mol. The molecule has 0 atom stereocenters. The van der Waals surface area contributed by atoms with Crippen molar-refractivity contribution < 1.29 is 9.32 Å². The number of aromatic nitrogens is 4. The number of carbonyl (C=O) groups excluding carboxylic acids is 1. The van der Waals surface area contributed by atoms with E-state index in [0.29, 0.717) is 18.4 Å². The summed E-state index contributed by atoms with van der Waals surface area (Å²) in [5, 5.41) is 11.2. The van der Waals surface area contributed by atoms with Gasteiger partial charge in [-0.15, -0.1) is 0 Å². The Kier molecular flexibility index (Phi) is 5.36. The van der Waals surface area contributed by atoms with Crippen LogP contribution < -0.4 is 5.32 Å². The fourth-order valence-electron chi connectivity index (χ4n) is 3.54. The molecule has 0 bridgehead atoms. The quantitative estimate of drug-likeness (QED) is 0.735. The minimum Gasteiger partial charge on any atom is -0.340 e. The third-order valence-corrected chi connectivity index (χ3v) is 5.07. The Bertz CT molecular complexity index is 912. The van der Waals surface area contributed by atoms with Gasteiger partial charge >= 0.3 is 6.03 Å². The number of aryl methyl sites for hydroxylation is 1. The molecule has 1 aliphatic rings. The van der Waals surface area contributed by atoms with Crippen molar-refractivity contribution >= 4 is 6.03 Å². The smallest absolute Gasteiger partial charge is 0.317 e. The van der Waals surface area contributed by atoms with Crippen LogP contribution in [0.3, 0.4) is 0 Å². The predicted octanol–water partition coefficient (Wildman–Crippen LogP) is 2.73. The zero-order valence-electron chi connectivity index (χ0n) is 15.9. The van der Waals surface area contributed by atoms with E-state index in [-0.39, 0.29) is 6.03 Å². The third-order valence-electron chi connectivity index (χ3n) is 5.07. The van der Waals surface area contributed by atoms with Crippen LogP contribution in [0, 0.1) is 12.8 Å². The molecule has 2 amide bonds. The van der Waals surface area contributed by atoms with E-state index >= 15 is 0 Å². The summed E-state index contributed by atoms with van der Waals surface area (Å²) in [6.45, 7) is 3.80. The van der Waals surface area contributed by atoms with E-state index in [1.54, 1.807) is 17.8 Å². The van der Waals surface area contributed by atoms with Crippen LogP contribution in [0.2, 0.25) is 0 Å². The summed E-state index contributed by atoms with van der Waals surface area (Å²) in [4.78, 5) is 18.7. The second kappa shape index (κ2) is 8.24. The molecule has 2 aromatic heterocycles. The molecule has 4 rings (SSSR count). The number of nitrogens with one attached hydrogen (secondary N) is 1. The van der Waals surface area contributed by atoms with Crippen molar-refractivity contribution in [3.8, 4) is 5.69 Å². The highest BCUT2D eigenvalue weighted by molar-refractivity contribution is 5.74. The molecule has 1 aliphatic heterocycles. The van der Waals surface area contributed by atoms with E-state index in [9.17, 15) is 4.79 Å². The Labute approximate surface area is 163 Å². The second-order valence-corrected chi connectivity index (χ2v) is 7.14. The van der Waals surface area contributed by atoms with E-state index in [0.717, 1.165) is 49.4 Å². The maximum Gasteiger partial charge on any atom is 0.317 e. The Morgan fingerprint density at radius 2 is 2.14 bits per heavy atom. The first-order chi connectivity index (χ1) is 13.7. The van der Waals surface area contributed by atoms with Gasteiger partial charge in [-0.2, -0.15) is 10.1 Å². The minimum atomic E-state index is -0.0154. The summed E-state index contributed by atoms with van der Waals surface area (Å²) in [5.74, 6) is 1.85. The molecular formula is C20H24N6O2. The highest BCUT2D eigenvalue weighted by atomic mass is 16.5. The zero-order valence-corrected chi connectivity index (χ0v) is 15.9. The number of hydrogen-bond donors (Lipinski definition) is 1. The van der Waals surface area contributed by atoms with Crippen molar-refractivity contribution in [1.29, 1.82) is 0 Å². The van der Waals surface area contributed by atoms with E-state index in [1.807, 2.05) is 41.4 Å². The molecular weight excluding hydrogens is 356 g/mol. The lowest BCUT2D eigenvalue weighted by Gasteiger charge is -2.31. The highest BCUT2D eigenvalue weighted by Crippen LogP contribution is 2.20. The molecule has 0 saturated carbocycles. The number of rotatable bonds is 5. The summed E-state index contributed by atoms with van der Waals surface area (Å²) in [5.41, 5.74) is 2.03. The number of likely N-dealkylation sites (tertiary alicyclic amines) is 1. The van der Waals surface area contributed by atoms with Crippen LogP contribution in [0.1, 0.15) is 30.1 Å². The number of carbonyl (C=O) groups is 1. The first-order valence-corrected chi connectivity index (χ1v) is 9.58. The summed E-state index contributed by atoms with van der Waals surface area (Å²) in [6.07, 6.45) is 6.37. The van der Waals surface area contributed by atoms with E-state index in [1.165, 1.54) is 0 Å². The van der Waals surface area contributed by atoms with Gasteiger partial charge in [0.1, 0.15) is 0 Å². The lowest BCUT2D eigenvalue weighted by Crippen LogP contribution is -2.44. The third kappa shape index (κ3) is 4.39. The molecule has 1 N–H and O–H groups in total. The van der Waals surface area contributed by atoms with E-state index in [2.05, 4.69) is 20.6 Å². The molecule has 3 aromatic rings. The van der Waals surface area contributed by atoms with Gasteiger partial charge in [0.15, 0.2) is 5.82 Å². The fourth-order valence-corrected chi connectivity index (χ4v) is 3.54. The number of nitrogens with zero attached hydrogens (tertiary/aromatic N) is 5. The predicted molar refractivity (Wildman–Crippen MR) is 103 cm³/mol. The standard InChI is InChI=1S/C20H24N6O2/c1-15-23-19(24-28-15)13-16-6-10-25(11-7-16)20(27)21-14-17-4-2-5-18(12-17)26-9-3-8-22-26/h2-5,8-9,12,16H,6-7,10-11,13-14H2,1H3,(H,21,27). The molecule has 0 spiro atoms. The van der Waals surface area contributed by atoms with Crippen LogP contribution in [0.15, 0.2) is 47.2 Å². The molecule has 146 valence electrons. The maximum absolute atomic E-state index is 12.5. The lowest BCUT2D eigenvalue weighted by atomic mass is 9.93. The van der Waals surface area contributed by atoms with Crippen LogP contribution in [0.4, 0.5) is 4.79 Å². The summed E-state index contributed by atoms with van der Waals surface area (Å²) in [6, 6.07) is 9.88. The van der Waals surface area contributed by atoms with Gasteiger partial charge in [0.25, 0.3) is 0 Å². The van der Waals surface area contributed by atoms with E-state index < -0.39 is 0 Å². The Morgan fingerprint density at radius 1 is 1.29 bits per heavy atom. The number of benzene rings is 1. The Balaban J connectivity index is 1.25. The second-order valence-electron chi connectivity index (χ2n) is 7.14. The number of amides is 2. The summed E-state index contributed by atoms with van der Waals surface area (Å²) < 4.78 is 6.84. The fraction of sp³-hybridized carbons (Fsp3) is 0.400. The average Bonchev–Trinajstić information content (AvgIpc) is 3.39. The van der Waals surface area contributed by atoms with Crippen molar-refractivity contribution in [2.45, 2.75) is 32.7 Å². The van der Waals surface area contributed by atoms with Crippen LogP contribution in [-0.4, -0.2) is 43.9 Å². The number of urea groups is 1. The van der Waals surface area contributed by atoms with Crippen molar-refractivity contribution in [3.05, 3.63) is 60.0 Å². The van der Waals surface area contributed by atoms with Gasteiger partial charge < -0.3 is 14.7 Å². The summed E-state index contributed by atoms with van der Waals surface area (Å²) in [7, 11) is 0. The Hall–Kier alpha value is -3.16. The lowest BCUT2D eigenvalue weighted by molar-refractivity contribution is 0.169. The van der Waals surface area contributed by atoms with Gasteiger partial charge in [-0.1, -0.05) is 17.3 Å². The number of hydrogen-bond acceptors (Lipinski definition) is 5. The molecule has 1 aromatic carbocycles. The zero-order chi connectivity index (χ0) is 19.3. The van der Waals surface area contributed by atoms with Gasteiger partial charge in [0.2, 0.25) is 5.89 Å². The van der Waals surface area contributed by atoms with Gasteiger partial charge in [-0.3, -0.25) is 0 Å². The molecule has 1 saturated heterocycles. The van der Waals surface area contributed by atoms with Crippen LogP contribution >= 0.6 is 0 Å². The molecule has 0 unspecified atom stereocenters. The molecule has 28 heavy (non-hydrogen) atoms. The van der Waals surface area contributed by atoms with Crippen molar-refractivity contribution in [3.63, 3.8) is 0 Å². The topological polar surface area (TPSA) is 89.1 Å². The molecule has 0 aliphatic carbocycles. The van der Waals surface area contributed by atoms with Gasteiger partial charge in [0.05, 0.1) is 5.69 Å². The largest absolute Gasteiger partial charge is 0.340 e. The molecule has 1 fully saturated rings. The molecule has 3 heterocycles. The summed E-state index contributed by atoms with van der Waals surface area (Å²) >= 11 is 0. The Morgan fingerprint density at radius 3 is 2.86 bits per heavy atom.